The molecule has 3 aromatic carbocycles. The highest BCUT2D eigenvalue weighted by Crippen LogP contribution is 2.48. The smallest absolute Gasteiger partial charge is 0.259 e. The van der Waals surface area contributed by atoms with Gasteiger partial charge in [0.15, 0.2) is 17.7 Å². The number of H-pyrrole nitrogens is 1. The van der Waals surface area contributed by atoms with Gasteiger partial charge in [0.05, 0.1) is 52.0 Å². The first-order chi connectivity index (χ1) is 18.9. The van der Waals surface area contributed by atoms with E-state index in [1.807, 2.05) is 6.07 Å². The van der Waals surface area contributed by atoms with Crippen molar-refractivity contribution in [2.45, 2.75) is 31.3 Å². The molecule has 0 bridgehead atoms. The number of nitrogens with one attached hydrogen (secondary N) is 2. The molecule has 3 aliphatic heterocycles. The van der Waals surface area contributed by atoms with Crippen LogP contribution in [0.25, 0.3) is 43.6 Å². The highest BCUT2D eigenvalue weighted by atomic mass is 16.6. The Bertz CT molecular complexity index is 1900. The van der Waals surface area contributed by atoms with Crippen molar-refractivity contribution in [3.63, 3.8) is 0 Å². The Morgan fingerprint density at radius 3 is 2.46 bits per heavy atom. The average molecular weight is 530 g/mol. The van der Waals surface area contributed by atoms with Crippen molar-refractivity contribution in [1.29, 1.82) is 0 Å². The van der Waals surface area contributed by atoms with Crippen LogP contribution in [0, 0.1) is 0 Å². The van der Waals surface area contributed by atoms with Crippen LogP contribution < -0.4 is 14.8 Å². The quantitative estimate of drug-likeness (QED) is 0.219. The third-order valence-electron chi connectivity index (χ3n) is 8.02. The summed E-state index contributed by atoms with van der Waals surface area (Å²) in [6.45, 7) is 0.597. The zero-order chi connectivity index (χ0) is 26.6. The third-order valence-corrected chi connectivity index (χ3v) is 8.02. The van der Waals surface area contributed by atoms with Crippen LogP contribution in [-0.2, 0) is 4.74 Å². The number of benzene rings is 3. The lowest BCUT2D eigenvalue weighted by Crippen LogP contribution is -2.37. The molecule has 0 saturated carbocycles. The molecular weight excluding hydrogens is 506 g/mol. The maximum atomic E-state index is 13.3. The van der Waals surface area contributed by atoms with Gasteiger partial charge in [-0.25, -0.2) is 0 Å². The maximum absolute atomic E-state index is 13.3. The van der Waals surface area contributed by atoms with Gasteiger partial charge >= 0.3 is 0 Å². The van der Waals surface area contributed by atoms with Gasteiger partial charge in [-0.05, 0) is 37.1 Å². The molecule has 11 nitrogen and oxygen atoms in total. The van der Waals surface area contributed by atoms with Gasteiger partial charge in [0, 0.05) is 27.6 Å². The summed E-state index contributed by atoms with van der Waals surface area (Å²) < 4.78 is 19.6. The Kier molecular flexibility index (Phi) is 4.56. The first-order valence-electron chi connectivity index (χ1n) is 12.8. The van der Waals surface area contributed by atoms with Gasteiger partial charge in [-0.1, -0.05) is 0 Å². The van der Waals surface area contributed by atoms with Gasteiger partial charge in [-0.3, -0.25) is 14.9 Å². The molecule has 1 fully saturated rings. The van der Waals surface area contributed by atoms with Gasteiger partial charge in [-0.15, -0.1) is 0 Å². The van der Waals surface area contributed by atoms with Gasteiger partial charge in [-0.2, -0.15) is 0 Å². The Morgan fingerprint density at radius 1 is 0.949 bits per heavy atom. The second-order valence-corrected chi connectivity index (χ2v) is 10.2. The number of aromatic amines is 1. The minimum atomic E-state index is -0.905. The second-order valence-electron chi connectivity index (χ2n) is 10.2. The SMILES string of the molecule is O=C1NC(=O)c2c1c1c3cc4c(cc3[nH]c1c1c2c2cc(O)ccc2n1C1OC(CO)CCC1O)OCCO4. The van der Waals surface area contributed by atoms with Crippen LogP contribution in [-0.4, -0.2) is 68.7 Å². The number of amides is 2. The molecule has 5 N–H and O–H groups in total. The van der Waals surface area contributed by atoms with Crippen molar-refractivity contribution in [2.75, 3.05) is 19.8 Å². The highest BCUT2D eigenvalue weighted by molar-refractivity contribution is 6.39. The van der Waals surface area contributed by atoms with Crippen LogP contribution in [0.3, 0.4) is 0 Å². The van der Waals surface area contributed by atoms with E-state index < -0.39 is 30.3 Å². The zero-order valence-electron chi connectivity index (χ0n) is 20.5. The molecule has 0 spiro atoms. The van der Waals surface area contributed by atoms with E-state index in [0.29, 0.717) is 81.2 Å². The standard InChI is InChI=1S/C28H23N3O8/c32-10-12-2-4-17(34)28(39-12)31-16-3-1-11(33)7-14(16)21-23-22(26(35)30-27(23)36)20-13-8-18-19(38-6-5-37-18)9-15(13)29-24(20)25(21)31/h1,3,7-9,12,17,28-29,32-34H,2,4-6,10H2,(H,30,35,36). The van der Waals surface area contributed by atoms with Crippen LogP contribution in [0.5, 0.6) is 17.2 Å². The Balaban J connectivity index is 1.59. The maximum Gasteiger partial charge on any atom is 0.259 e. The largest absolute Gasteiger partial charge is 0.508 e. The normalized spacial score (nSPS) is 22.8. The van der Waals surface area contributed by atoms with Crippen LogP contribution in [0.15, 0.2) is 30.3 Å². The molecule has 3 unspecified atom stereocenters. The Hall–Kier alpha value is -4.32. The predicted molar refractivity (Wildman–Crippen MR) is 139 cm³/mol. The fourth-order valence-corrected chi connectivity index (χ4v) is 6.39. The van der Waals surface area contributed by atoms with E-state index in [0.717, 1.165) is 0 Å². The summed E-state index contributed by atoms with van der Waals surface area (Å²) in [5.41, 5.74) is 2.78. The summed E-state index contributed by atoms with van der Waals surface area (Å²) in [6, 6.07) is 8.37. The number of aromatic hydroxyl groups is 1. The fourth-order valence-electron chi connectivity index (χ4n) is 6.39. The molecule has 8 rings (SSSR count). The van der Waals surface area contributed by atoms with Gasteiger partial charge < -0.3 is 39.1 Å². The highest BCUT2D eigenvalue weighted by Gasteiger charge is 2.39. The lowest BCUT2D eigenvalue weighted by molar-refractivity contribution is -0.160. The molecule has 3 aliphatic rings. The average Bonchev–Trinajstić information content (AvgIpc) is 3.56. The molecule has 198 valence electrons. The number of carbonyl (C=O) groups excluding carboxylic acids is 2. The number of aliphatic hydroxyl groups is 2. The molecule has 2 aromatic heterocycles. The molecule has 1 saturated heterocycles. The van der Waals surface area contributed by atoms with Gasteiger partial charge in [0.25, 0.3) is 11.8 Å². The molecular formula is C28H23N3O8. The predicted octanol–water partition coefficient (Wildman–Crippen LogP) is 2.82. The van der Waals surface area contributed by atoms with E-state index >= 15 is 0 Å². The number of aliphatic hydroxyl groups excluding tert-OH is 2. The molecule has 0 aliphatic carbocycles. The van der Waals surface area contributed by atoms with Crippen LogP contribution in [0.2, 0.25) is 0 Å². The number of ether oxygens (including phenoxy) is 3. The van der Waals surface area contributed by atoms with Crippen LogP contribution in [0.1, 0.15) is 39.8 Å². The number of carbonyl (C=O) groups is 2. The Morgan fingerprint density at radius 2 is 1.69 bits per heavy atom. The minimum absolute atomic E-state index is 0.0166. The van der Waals surface area contributed by atoms with Crippen molar-refractivity contribution >= 4 is 55.4 Å². The molecule has 2 amide bonds. The third kappa shape index (κ3) is 2.97. The number of imide groups is 1. The van der Waals surface area contributed by atoms with Crippen molar-refractivity contribution < 1.29 is 39.1 Å². The Labute approximate surface area is 219 Å². The van der Waals surface area contributed by atoms with E-state index in [4.69, 9.17) is 14.2 Å². The van der Waals surface area contributed by atoms with Crippen LogP contribution >= 0.6 is 0 Å². The monoisotopic (exact) mass is 529 g/mol. The summed E-state index contributed by atoms with van der Waals surface area (Å²) >= 11 is 0. The number of rotatable bonds is 2. The first kappa shape index (κ1) is 22.6. The van der Waals surface area contributed by atoms with Crippen molar-refractivity contribution in [3.8, 4) is 17.2 Å². The van der Waals surface area contributed by atoms with E-state index in [-0.39, 0.29) is 23.5 Å². The summed E-state index contributed by atoms with van der Waals surface area (Å²) in [6.07, 6.45) is -1.39. The number of fused-ring (bicyclic) bond motifs is 11. The summed E-state index contributed by atoms with van der Waals surface area (Å²) in [5, 5.41) is 36.0. The molecule has 39 heavy (non-hydrogen) atoms. The number of phenolic OH excluding ortho intramolecular Hbond substituents is 1. The van der Waals surface area contributed by atoms with E-state index in [9.17, 15) is 24.9 Å². The van der Waals surface area contributed by atoms with E-state index in [1.165, 1.54) is 12.1 Å². The molecule has 5 aromatic rings. The van der Waals surface area contributed by atoms with Crippen molar-refractivity contribution in [2.24, 2.45) is 0 Å². The van der Waals surface area contributed by atoms with Crippen molar-refractivity contribution in [3.05, 3.63) is 41.5 Å². The number of aromatic nitrogens is 2. The number of hydrogen-bond acceptors (Lipinski definition) is 8. The number of phenols is 1. The topological polar surface area (TPSA) is 155 Å². The number of nitrogens with zero attached hydrogens (tertiary/aromatic N) is 1. The van der Waals surface area contributed by atoms with Crippen LogP contribution in [0.4, 0.5) is 0 Å². The minimum Gasteiger partial charge on any atom is -0.508 e. The number of hydrogen-bond donors (Lipinski definition) is 5. The summed E-state index contributed by atoms with van der Waals surface area (Å²) in [7, 11) is 0. The molecule has 11 heteroatoms. The van der Waals surface area contributed by atoms with Gasteiger partial charge in [0.1, 0.15) is 19.0 Å². The summed E-state index contributed by atoms with van der Waals surface area (Å²) in [4.78, 5) is 30.0. The molecule has 5 heterocycles. The van der Waals surface area contributed by atoms with Crippen molar-refractivity contribution in [1.82, 2.24) is 14.9 Å². The first-order valence-corrected chi connectivity index (χ1v) is 12.8. The second kappa shape index (κ2) is 7.85. The zero-order valence-corrected chi connectivity index (χ0v) is 20.5. The summed E-state index contributed by atoms with van der Waals surface area (Å²) in [5.74, 6) is 0.0196. The fraction of sp³-hybridized carbons (Fsp3) is 0.286. The van der Waals surface area contributed by atoms with Gasteiger partial charge in [0.2, 0.25) is 0 Å². The lowest BCUT2D eigenvalue weighted by Gasteiger charge is -2.35. The molecule has 0 radical (unpaired) electrons. The van der Waals surface area contributed by atoms with E-state index in [2.05, 4.69) is 10.3 Å². The van der Waals surface area contributed by atoms with E-state index in [1.54, 1.807) is 16.7 Å². The lowest BCUT2D eigenvalue weighted by atomic mass is 9.96. The molecule has 3 atom stereocenters.